The summed E-state index contributed by atoms with van der Waals surface area (Å²) in [6.07, 6.45) is 0. The maximum absolute atomic E-state index is 6.79. The second-order valence-electron chi connectivity index (χ2n) is 5.02. The lowest BCUT2D eigenvalue weighted by atomic mass is 9.97. The molecule has 0 aliphatic carbocycles. The molecule has 0 nitrogen and oxygen atoms in total. The van der Waals surface area contributed by atoms with Crippen LogP contribution in [0.3, 0.4) is 0 Å². The van der Waals surface area contributed by atoms with Gasteiger partial charge in [0.25, 0.3) is 0 Å². The van der Waals surface area contributed by atoms with Crippen LogP contribution >= 0.6 is 43.5 Å². The van der Waals surface area contributed by atoms with E-state index in [1.165, 1.54) is 16.3 Å². The highest BCUT2D eigenvalue weighted by molar-refractivity contribution is 9.11. The summed E-state index contributed by atoms with van der Waals surface area (Å²) >= 11 is 14.1. The normalized spacial score (nSPS) is 12.6. The second kappa shape index (κ2) is 6.12. The summed E-state index contributed by atoms with van der Waals surface area (Å²) in [5, 5.41) is 2.18. The number of alkyl halides is 1. The number of halogens is 3. The van der Waals surface area contributed by atoms with E-state index in [9.17, 15) is 0 Å². The van der Waals surface area contributed by atoms with E-state index >= 15 is 0 Å². The lowest BCUT2D eigenvalue weighted by molar-refractivity contribution is 1.13. The molecular weight excluding hydrogens is 411 g/mol. The van der Waals surface area contributed by atoms with Crippen molar-refractivity contribution >= 4 is 54.2 Å². The van der Waals surface area contributed by atoms with E-state index in [0.717, 1.165) is 20.1 Å². The molecule has 0 radical (unpaired) electrons. The number of fused-ring (bicyclic) bond motifs is 1. The summed E-state index contributed by atoms with van der Waals surface area (Å²) in [7, 11) is 0. The lowest BCUT2D eigenvalue weighted by Gasteiger charge is -2.16. The van der Waals surface area contributed by atoms with E-state index in [1.807, 2.05) is 18.2 Å². The Hall–Kier alpha value is -0.830. The van der Waals surface area contributed by atoms with Crippen LogP contribution in [0.2, 0.25) is 0 Å². The fourth-order valence-electron chi connectivity index (χ4n) is 2.54. The van der Waals surface area contributed by atoms with Crippen molar-refractivity contribution in [2.24, 2.45) is 0 Å². The molecule has 0 aliphatic rings. The predicted molar refractivity (Wildman–Crippen MR) is 98.2 cm³/mol. The van der Waals surface area contributed by atoms with Crippen molar-refractivity contribution in [1.82, 2.24) is 0 Å². The third kappa shape index (κ3) is 2.77. The molecule has 21 heavy (non-hydrogen) atoms. The highest BCUT2D eigenvalue weighted by Crippen LogP contribution is 2.39. The van der Waals surface area contributed by atoms with Crippen molar-refractivity contribution in [1.29, 1.82) is 0 Å². The zero-order valence-electron chi connectivity index (χ0n) is 11.4. The van der Waals surface area contributed by atoms with Crippen LogP contribution in [-0.4, -0.2) is 0 Å². The molecular formula is C18H13Br2Cl. The molecule has 3 rings (SSSR count). The van der Waals surface area contributed by atoms with Crippen LogP contribution in [0.1, 0.15) is 22.1 Å². The molecule has 0 saturated heterocycles. The summed E-state index contributed by atoms with van der Waals surface area (Å²) in [4.78, 5) is 0. The van der Waals surface area contributed by atoms with Gasteiger partial charge in [-0.15, -0.1) is 11.6 Å². The Labute approximate surface area is 146 Å². The highest BCUT2D eigenvalue weighted by Gasteiger charge is 2.17. The van der Waals surface area contributed by atoms with Crippen LogP contribution in [0.5, 0.6) is 0 Å². The lowest BCUT2D eigenvalue weighted by Crippen LogP contribution is -1.97. The summed E-state index contributed by atoms with van der Waals surface area (Å²) < 4.78 is 2.17. The van der Waals surface area contributed by atoms with E-state index in [0.29, 0.717) is 0 Å². The third-order valence-corrected chi connectivity index (χ3v) is 5.92. The van der Waals surface area contributed by atoms with Gasteiger partial charge in [0.1, 0.15) is 0 Å². The molecule has 0 fully saturated rings. The first-order valence-electron chi connectivity index (χ1n) is 6.66. The van der Waals surface area contributed by atoms with Crippen LogP contribution in [-0.2, 0) is 0 Å². The van der Waals surface area contributed by atoms with Gasteiger partial charge in [0.05, 0.1) is 5.38 Å². The average molecular weight is 425 g/mol. The summed E-state index contributed by atoms with van der Waals surface area (Å²) in [6, 6.07) is 18.7. The molecule has 0 amide bonds. The molecule has 106 valence electrons. The fourth-order valence-corrected chi connectivity index (χ4v) is 4.02. The monoisotopic (exact) mass is 422 g/mol. The third-order valence-electron chi connectivity index (χ3n) is 3.67. The van der Waals surface area contributed by atoms with E-state index in [1.54, 1.807) is 0 Å². The predicted octanol–water partition coefficient (Wildman–Crippen LogP) is 7.00. The van der Waals surface area contributed by atoms with E-state index in [-0.39, 0.29) is 5.38 Å². The van der Waals surface area contributed by atoms with Crippen molar-refractivity contribution < 1.29 is 0 Å². The van der Waals surface area contributed by atoms with E-state index in [4.69, 9.17) is 11.6 Å². The Morgan fingerprint density at radius 2 is 1.52 bits per heavy atom. The smallest absolute Gasteiger partial charge is 0.0852 e. The zero-order valence-corrected chi connectivity index (χ0v) is 15.3. The first-order valence-corrected chi connectivity index (χ1v) is 8.68. The van der Waals surface area contributed by atoms with E-state index < -0.39 is 0 Å². The van der Waals surface area contributed by atoms with Gasteiger partial charge in [-0.1, -0.05) is 80.4 Å². The zero-order chi connectivity index (χ0) is 15.0. The molecule has 0 heterocycles. The van der Waals surface area contributed by atoms with Gasteiger partial charge in [-0.25, -0.2) is 0 Å². The highest BCUT2D eigenvalue weighted by atomic mass is 79.9. The maximum Gasteiger partial charge on any atom is 0.0852 e. The van der Waals surface area contributed by atoms with Gasteiger partial charge in [-0.05, 0) is 40.5 Å². The first-order chi connectivity index (χ1) is 10.1. The standard InChI is InChI=1S/C18H13Br2Cl/c1-11-5-4-8-15(17(11)20)18(21)14-9-10-16(19)13-7-3-2-6-12(13)14/h2-10,18H,1H3. The number of hydrogen-bond acceptors (Lipinski definition) is 0. The van der Waals surface area contributed by atoms with Crippen molar-refractivity contribution in [2.75, 3.05) is 0 Å². The van der Waals surface area contributed by atoms with Gasteiger partial charge in [-0.2, -0.15) is 0 Å². The molecule has 0 N–H and O–H groups in total. The summed E-state index contributed by atoms with van der Waals surface area (Å²) in [6.45, 7) is 2.08. The minimum absolute atomic E-state index is 0.183. The number of hydrogen-bond donors (Lipinski definition) is 0. The maximum atomic E-state index is 6.79. The molecule has 3 aromatic rings. The summed E-state index contributed by atoms with van der Waals surface area (Å²) in [5.74, 6) is 0. The van der Waals surface area contributed by atoms with Crippen LogP contribution in [0, 0.1) is 6.92 Å². The largest absolute Gasteiger partial charge is 0.113 e. The second-order valence-corrected chi connectivity index (χ2v) is 7.11. The molecule has 3 aromatic carbocycles. The minimum atomic E-state index is -0.183. The van der Waals surface area contributed by atoms with Gasteiger partial charge >= 0.3 is 0 Å². The molecule has 3 heteroatoms. The van der Waals surface area contributed by atoms with Crippen molar-refractivity contribution in [2.45, 2.75) is 12.3 Å². The van der Waals surface area contributed by atoms with Crippen LogP contribution < -0.4 is 0 Å². The molecule has 1 atom stereocenters. The fraction of sp³-hybridized carbons (Fsp3) is 0.111. The Morgan fingerprint density at radius 1 is 0.810 bits per heavy atom. The molecule has 0 spiro atoms. The quantitative estimate of drug-likeness (QED) is 0.389. The van der Waals surface area contributed by atoms with Crippen LogP contribution in [0.4, 0.5) is 0 Å². The Morgan fingerprint density at radius 3 is 2.29 bits per heavy atom. The van der Waals surface area contributed by atoms with E-state index in [2.05, 4.69) is 75.2 Å². The molecule has 0 bridgehead atoms. The van der Waals surface area contributed by atoms with Gasteiger partial charge in [0, 0.05) is 8.95 Å². The molecule has 1 unspecified atom stereocenters. The van der Waals surface area contributed by atoms with Gasteiger partial charge in [0.15, 0.2) is 0 Å². The minimum Gasteiger partial charge on any atom is -0.113 e. The molecule has 0 aliphatic heterocycles. The van der Waals surface area contributed by atoms with Gasteiger partial charge in [-0.3, -0.25) is 0 Å². The van der Waals surface area contributed by atoms with Crippen molar-refractivity contribution in [3.63, 3.8) is 0 Å². The number of aryl methyl sites for hydroxylation is 1. The van der Waals surface area contributed by atoms with Crippen LogP contribution in [0.15, 0.2) is 63.5 Å². The van der Waals surface area contributed by atoms with Crippen molar-refractivity contribution in [3.8, 4) is 0 Å². The Kier molecular flexibility index (Phi) is 4.39. The SMILES string of the molecule is Cc1cccc(C(Cl)c2ccc(Br)c3ccccc23)c1Br. The topological polar surface area (TPSA) is 0 Å². The Balaban J connectivity index is 2.21. The first kappa shape index (κ1) is 15.1. The number of rotatable bonds is 2. The van der Waals surface area contributed by atoms with Crippen molar-refractivity contribution in [3.05, 3.63) is 80.2 Å². The number of benzene rings is 3. The van der Waals surface area contributed by atoms with Crippen LogP contribution in [0.25, 0.3) is 10.8 Å². The van der Waals surface area contributed by atoms with Gasteiger partial charge < -0.3 is 0 Å². The molecule has 0 saturated carbocycles. The average Bonchev–Trinajstić information content (AvgIpc) is 2.50. The summed E-state index contributed by atoms with van der Waals surface area (Å²) in [5.41, 5.74) is 3.42. The molecule has 0 aromatic heterocycles. The van der Waals surface area contributed by atoms with Gasteiger partial charge in [0.2, 0.25) is 0 Å². The Bertz CT molecular complexity index is 811.